The second-order valence-electron chi connectivity index (χ2n) is 4.78. The molecule has 17 heavy (non-hydrogen) atoms. The van der Waals surface area contributed by atoms with Gasteiger partial charge in [0.1, 0.15) is 11.9 Å². The van der Waals surface area contributed by atoms with Crippen molar-refractivity contribution in [1.29, 1.82) is 0 Å². The van der Waals surface area contributed by atoms with Crippen LogP contribution in [0.25, 0.3) is 0 Å². The Hall–Kier alpha value is -0.730. The van der Waals surface area contributed by atoms with Gasteiger partial charge in [-0.1, -0.05) is 32.0 Å². The maximum Gasteiger partial charge on any atom is 0.123 e. The Morgan fingerprint density at radius 2 is 2.06 bits per heavy atom. The summed E-state index contributed by atoms with van der Waals surface area (Å²) in [5.74, 6) is 1.58. The van der Waals surface area contributed by atoms with E-state index in [0.29, 0.717) is 12.0 Å². The molecule has 0 amide bonds. The third kappa shape index (κ3) is 3.90. The minimum Gasteiger partial charge on any atom is -0.489 e. The first kappa shape index (κ1) is 14.3. The van der Waals surface area contributed by atoms with E-state index in [1.807, 2.05) is 0 Å². The van der Waals surface area contributed by atoms with Gasteiger partial charge < -0.3 is 10.1 Å². The first-order valence-corrected chi connectivity index (χ1v) is 6.23. The van der Waals surface area contributed by atoms with Gasteiger partial charge in [0.2, 0.25) is 0 Å². The molecule has 0 aliphatic carbocycles. The van der Waals surface area contributed by atoms with E-state index in [1.165, 1.54) is 18.4 Å². The van der Waals surface area contributed by atoms with Crippen molar-refractivity contribution in [3.8, 4) is 5.75 Å². The van der Waals surface area contributed by atoms with E-state index < -0.39 is 0 Å². The van der Waals surface area contributed by atoms with Crippen molar-refractivity contribution in [3.05, 3.63) is 29.8 Å². The van der Waals surface area contributed by atoms with Crippen LogP contribution in [0.5, 0.6) is 5.75 Å². The molecule has 0 saturated carbocycles. The summed E-state index contributed by atoms with van der Waals surface area (Å²) in [5.41, 5.74) is 1.31. The van der Waals surface area contributed by atoms with Crippen molar-refractivity contribution in [2.45, 2.75) is 38.7 Å². The van der Waals surface area contributed by atoms with Crippen LogP contribution >= 0.6 is 12.4 Å². The molecule has 1 N–H and O–H groups in total. The lowest BCUT2D eigenvalue weighted by atomic mass is 10.0. The molecule has 1 atom stereocenters. The Balaban J connectivity index is 0.00000144. The predicted molar refractivity (Wildman–Crippen MR) is 74.3 cm³/mol. The van der Waals surface area contributed by atoms with E-state index in [1.54, 1.807) is 0 Å². The molecule has 1 unspecified atom stereocenters. The molecule has 3 heteroatoms. The van der Waals surface area contributed by atoms with Crippen LogP contribution in [-0.2, 0) is 0 Å². The molecule has 1 aromatic rings. The monoisotopic (exact) mass is 255 g/mol. The zero-order valence-corrected chi connectivity index (χ0v) is 11.4. The fourth-order valence-electron chi connectivity index (χ4n) is 2.16. The van der Waals surface area contributed by atoms with Crippen LogP contribution in [0.1, 0.15) is 38.2 Å². The number of rotatable bonds is 3. The van der Waals surface area contributed by atoms with Crippen molar-refractivity contribution in [2.75, 3.05) is 13.1 Å². The largest absolute Gasteiger partial charge is 0.489 e. The van der Waals surface area contributed by atoms with E-state index in [-0.39, 0.29) is 12.4 Å². The molecular weight excluding hydrogens is 234 g/mol. The standard InChI is InChI=1S/C14H21NO.ClH/c1-11(2)13-7-3-4-8-14(13)16-12-6-5-9-15-10-12;/h3-4,7-8,11-12,15H,5-6,9-10H2,1-2H3;1H. The van der Waals surface area contributed by atoms with Crippen LogP contribution in [0.4, 0.5) is 0 Å². The maximum atomic E-state index is 6.09. The van der Waals surface area contributed by atoms with E-state index in [4.69, 9.17) is 4.74 Å². The quantitative estimate of drug-likeness (QED) is 0.894. The second-order valence-corrected chi connectivity index (χ2v) is 4.78. The minimum absolute atomic E-state index is 0. The van der Waals surface area contributed by atoms with Gasteiger partial charge in [0.15, 0.2) is 0 Å². The van der Waals surface area contributed by atoms with Crippen LogP contribution in [0.2, 0.25) is 0 Å². The summed E-state index contributed by atoms with van der Waals surface area (Å²) in [7, 11) is 0. The summed E-state index contributed by atoms with van der Waals surface area (Å²) in [6.07, 6.45) is 2.72. The fourth-order valence-corrected chi connectivity index (χ4v) is 2.16. The molecule has 0 radical (unpaired) electrons. The average Bonchev–Trinajstić information content (AvgIpc) is 2.31. The highest BCUT2D eigenvalue weighted by Crippen LogP contribution is 2.27. The van der Waals surface area contributed by atoms with Crippen LogP contribution < -0.4 is 10.1 Å². The Morgan fingerprint density at radius 1 is 1.29 bits per heavy atom. The summed E-state index contributed by atoms with van der Waals surface area (Å²) < 4.78 is 6.09. The van der Waals surface area contributed by atoms with Gasteiger partial charge in [-0.15, -0.1) is 12.4 Å². The molecule has 0 bridgehead atoms. The highest BCUT2D eigenvalue weighted by molar-refractivity contribution is 5.85. The normalized spacial score (nSPS) is 19.8. The minimum atomic E-state index is 0. The van der Waals surface area contributed by atoms with Gasteiger partial charge in [-0.05, 0) is 36.9 Å². The van der Waals surface area contributed by atoms with Crippen LogP contribution in [0.15, 0.2) is 24.3 Å². The number of piperidine rings is 1. The molecule has 1 aromatic carbocycles. The molecule has 2 nitrogen and oxygen atoms in total. The number of ether oxygens (including phenoxy) is 1. The average molecular weight is 256 g/mol. The molecular formula is C14H22ClNO. The molecule has 2 rings (SSSR count). The Morgan fingerprint density at radius 3 is 2.71 bits per heavy atom. The van der Waals surface area contributed by atoms with Crippen molar-refractivity contribution < 1.29 is 4.74 Å². The topological polar surface area (TPSA) is 21.3 Å². The lowest BCUT2D eigenvalue weighted by Gasteiger charge is -2.25. The molecule has 1 aliphatic heterocycles. The molecule has 1 aliphatic rings. The van der Waals surface area contributed by atoms with Crippen molar-refractivity contribution in [1.82, 2.24) is 5.32 Å². The SMILES string of the molecule is CC(C)c1ccccc1OC1CCCNC1.Cl. The van der Waals surface area contributed by atoms with E-state index in [0.717, 1.165) is 18.8 Å². The number of para-hydroxylation sites is 1. The van der Waals surface area contributed by atoms with Gasteiger partial charge >= 0.3 is 0 Å². The summed E-state index contributed by atoms with van der Waals surface area (Å²) in [6.45, 7) is 6.53. The summed E-state index contributed by atoms with van der Waals surface area (Å²) in [6, 6.07) is 8.39. The zero-order valence-electron chi connectivity index (χ0n) is 10.6. The number of hydrogen-bond acceptors (Lipinski definition) is 2. The lowest BCUT2D eigenvalue weighted by molar-refractivity contribution is 0.165. The van der Waals surface area contributed by atoms with E-state index in [9.17, 15) is 0 Å². The molecule has 0 aromatic heterocycles. The smallest absolute Gasteiger partial charge is 0.123 e. The fraction of sp³-hybridized carbons (Fsp3) is 0.571. The Bertz CT molecular complexity index is 335. The molecule has 0 spiro atoms. The highest BCUT2D eigenvalue weighted by Gasteiger charge is 2.16. The number of halogens is 1. The number of nitrogens with one attached hydrogen (secondary N) is 1. The van der Waals surface area contributed by atoms with Gasteiger partial charge in [0, 0.05) is 6.54 Å². The highest BCUT2D eigenvalue weighted by atomic mass is 35.5. The lowest BCUT2D eigenvalue weighted by Crippen LogP contribution is -2.37. The molecule has 1 fully saturated rings. The third-order valence-electron chi connectivity index (χ3n) is 3.09. The van der Waals surface area contributed by atoms with E-state index in [2.05, 4.69) is 43.4 Å². The van der Waals surface area contributed by atoms with Gasteiger partial charge in [0.05, 0.1) is 0 Å². The Labute approximate surface area is 110 Å². The van der Waals surface area contributed by atoms with Crippen LogP contribution in [-0.4, -0.2) is 19.2 Å². The summed E-state index contributed by atoms with van der Waals surface area (Å²) in [5, 5.41) is 3.38. The van der Waals surface area contributed by atoms with Gasteiger partial charge in [0.25, 0.3) is 0 Å². The van der Waals surface area contributed by atoms with Gasteiger partial charge in [-0.25, -0.2) is 0 Å². The molecule has 1 heterocycles. The third-order valence-corrected chi connectivity index (χ3v) is 3.09. The molecule has 96 valence electrons. The van der Waals surface area contributed by atoms with Gasteiger partial charge in [-0.2, -0.15) is 0 Å². The van der Waals surface area contributed by atoms with Crippen molar-refractivity contribution in [3.63, 3.8) is 0 Å². The summed E-state index contributed by atoms with van der Waals surface area (Å²) >= 11 is 0. The van der Waals surface area contributed by atoms with Crippen molar-refractivity contribution in [2.24, 2.45) is 0 Å². The Kier molecular flexibility index (Phi) is 5.79. The number of hydrogen-bond donors (Lipinski definition) is 1. The van der Waals surface area contributed by atoms with Crippen LogP contribution in [0.3, 0.4) is 0 Å². The number of benzene rings is 1. The maximum absolute atomic E-state index is 6.09. The van der Waals surface area contributed by atoms with Crippen LogP contribution in [0, 0.1) is 0 Å². The van der Waals surface area contributed by atoms with Gasteiger partial charge in [-0.3, -0.25) is 0 Å². The first-order valence-electron chi connectivity index (χ1n) is 6.23. The molecule has 1 saturated heterocycles. The summed E-state index contributed by atoms with van der Waals surface area (Å²) in [4.78, 5) is 0. The predicted octanol–water partition coefficient (Wildman–Crippen LogP) is 3.36. The zero-order chi connectivity index (χ0) is 11.4. The second kappa shape index (κ2) is 6.87. The van der Waals surface area contributed by atoms with Crippen molar-refractivity contribution >= 4 is 12.4 Å². The first-order chi connectivity index (χ1) is 7.77. The van der Waals surface area contributed by atoms with E-state index >= 15 is 0 Å².